The summed E-state index contributed by atoms with van der Waals surface area (Å²) in [4.78, 5) is 72.5. The fourth-order valence-corrected chi connectivity index (χ4v) is 9.38. The van der Waals surface area contributed by atoms with Crippen molar-refractivity contribution in [3.05, 3.63) is 46.8 Å². The summed E-state index contributed by atoms with van der Waals surface area (Å²) < 4.78 is 54.1. The number of pyridine rings is 1. The lowest BCUT2D eigenvalue weighted by Gasteiger charge is -2.48. The van der Waals surface area contributed by atoms with Gasteiger partial charge in [0.15, 0.2) is 0 Å². The Hall–Kier alpha value is -3.86. The number of hydrogen-bond acceptors (Lipinski definition) is 15. The lowest BCUT2D eigenvalue weighted by atomic mass is 10.1. The zero-order valence-corrected chi connectivity index (χ0v) is 25.4. The predicted octanol–water partition coefficient (Wildman–Crippen LogP) is 0.377. The molecule has 3 aromatic heterocycles. The van der Waals surface area contributed by atoms with Crippen LogP contribution in [0.3, 0.4) is 0 Å². The second kappa shape index (κ2) is 12.3. The number of anilines is 1. The van der Waals surface area contributed by atoms with E-state index in [1.807, 2.05) is 0 Å². The molecule has 0 saturated carbocycles. The Morgan fingerprint density at radius 1 is 1.23 bits per heavy atom. The first-order valence-corrected chi connectivity index (χ1v) is 17.3. The number of alkyl halides is 1. The molecule has 0 aliphatic carbocycles. The molecule has 0 bridgehead atoms. The normalized spacial score (nSPS) is 20.3. The van der Waals surface area contributed by atoms with Crippen LogP contribution in [0.4, 0.5) is 9.52 Å². The van der Waals surface area contributed by atoms with Crippen molar-refractivity contribution in [2.75, 3.05) is 11.9 Å². The number of aromatic nitrogens is 4. The topological polar surface area (TPSA) is 264 Å². The van der Waals surface area contributed by atoms with Gasteiger partial charge in [-0.3, -0.25) is 24.5 Å². The van der Waals surface area contributed by atoms with Crippen molar-refractivity contribution in [2.45, 2.75) is 21.0 Å². The molecule has 18 nitrogen and oxygen atoms in total. The molecular formula is C20H16FN8O10PS4. The number of nitrogens with zero attached hydrogens (tertiary/aromatic N) is 6. The highest BCUT2D eigenvalue weighted by Crippen LogP contribution is 2.44. The van der Waals surface area contributed by atoms with E-state index in [2.05, 4.69) is 34.6 Å². The van der Waals surface area contributed by atoms with Gasteiger partial charge in [-0.2, -0.15) is 9.36 Å². The number of carboxylic acids is 1. The molecule has 0 radical (unpaired) electrons. The molecule has 3 aromatic rings. The number of rotatable bonds is 11. The number of nitrogens with one attached hydrogen (secondary N) is 2. The predicted molar refractivity (Wildman–Crippen MR) is 151 cm³/mol. The first kappa shape index (κ1) is 31.6. The molecule has 2 aliphatic heterocycles. The molecule has 2 amide bonds. The molecule has 24 heteroatoms. The van der Waals surface area contributed by atoms with Gasteiger partial charge in [0.1, 0.15) is 16.7 Å². The summed E-state index contributed by atoms with van der Waals surface area (Å²) in [5.41, 5.74) is 0.131. The number of thioether (sulfide) groups is 1. The third kappa shape index (κ3) is 6.33. The highest BCUT2D eigenvalue weighted by molar-refractivity contribution is 8.04. The van der Waals surface area contributed by atoms with Gasteiger partial charge in [-0.15, -0.1) is 23.1 Å². The van der Waals surface area contributed by atoms with E-state index in [0.29, 0.717) is 34.6 Å². The van der Waals surface area contributed by atoms with Crippen LogP contribution in [0.15, 0.2) is 50.5 Å². The van der Waals surface area contributed by atoms with Gasteiger partial charge in [-0.1, -0.05) is 5.16 Å². The minimum absolute atomic E-state index is 0.320. The average Bonchev–Trinajstić information content (AvgIpc) is 3.65. The lowest BCUT2D eigenvalue weighted by molar-refractivity contribution is -0.144. The van der Waals surface area contributed by atoms with Crippen molar-refractivity contribution in [3.63, 3.8) is 0 Å². The van der Waals surface area contributed by atoms with Gasteiger partial charge < -0.3 is 29.9 Å². The molecule has 232 valence electrons. The summed E-state index contributed by atoms with van der Waals surface area (Å²) in [6.07, 6.45) is 3.87. The zero-order chi connectivity index (χ0) is 31.8. The Morgan fingerprint density at radius 3 is 2.61 bits per heavy atom. The molecule has 44 heavy (non-hydrogen) atoms. The van der Waals surface area contributed by atoms with Gasteiger partial charge in [0.05, 0.1) is 10.6 Å². The van der Waals surface area contributed by atoms with Crippen LogP contribution in [-0.4, -0.2) is 94.6 Å². The first-order valence-electron chi connectivity index (χ1n) is 11.6. The van der Waals surface area contributed by atoms with Gasteiger partial charge in [-0.05, 0) is 12.1 Å². The standard InChI is InChI=1S/C20H16FN8O10PS4/c21-7-39-26-11(14-25-19(43-28-14)27-40(34,35)36)15(30)24-12-16(31)29-5-10(13(18(32)33)42-17(12)29)44(37,38)20-23-9(6-41-20)8-1-3-22-4-2-8/h1-6,12-13,17H,7H2,(H,24,30)(H,32,33)(H3,25,27,28,34,35,36)/b26-11-/t12-,13?,17-/m1/s1. The van der Waals surface area contributed by atoms with Gasteiger partial charge in [0.2, 0.25) is 30.8 Å². The van der Waals surface area contributed by atoms with E-state index in [1.54, 1.807) is 17.2 Å². The van der Waals surface area contributed by atoms with Crippen LogP contribution in [0.2, 0.25) is 0 Å². The monoisotopic (exact) mass is 706 g/mol. The summed E-state index contributed by atoms with van der Waals surface area (Å²) in [5, 5.41) is 15.5. The van der Waals surface area contributed by atoms with Crippen LogP contribution >= 0.6 is 42.4 Å². The molecule has 5 heterocycles. The molecule has 5 rings (SSSR count). The van der Waals surface area contributed by atoms with E-state index in [-0.39, 0.29) is 0 Å². The molecular weight excluding hydrogens is 691 g/mol. The highest BCUT2D eigenvalue weighted by atomic mass is 32.2. The summed E-state index contributed by atoms with van der Waals surface area (Å²) in [6, 6.07) is 1.83. The van der Waals surface area contributed by atoms with Crippen LogP contribution in [0.25, 0.3) is 11.3 Å². The van der Waals surface area contributed by atoms with E-state index < -0.39 is 84.8 Å². The number of fused-ring (bicyclic) bond motifs is 1. The number of carbonyl (C=O) groups is 3. The first-order chi connectivity index (χ1) is 20.8. The van der Waals surface area contributed by atoms with Crippen molar-refractivity contribution in [2.24, 2.45) is 5.16 Å². The van der Waals surface area contributed by atoms with E-state index >= 15 is 0 Å². The minimum Gasteiger partial charge on any atom is -0.480 e. The Morgan fingerprint density at radius 2 is 1.95 bits per heavy atom. The molecule has 0 spiro atoms. The second-order valence-corrected chi connectivity index (χ2v) is 14.7. The van der Waals surface area contributed by atoms with Crippen LogP contribution < -0.4 is 10.4 Å². The van der Waals surface area contributed by atoms with Gasteiger partial charge in [0, 0.05) is 41.1 Å². The SMILES string of the molecule is O=C(N[C@@H]1C(=O)N2C=C(S(=O)(=O)c3nc(-c4ccncc4)cs3)C(C(=O)O)S[C@H]12)/C(=N\OCF)c1nsc(NP(=O)(O)O)n1. The van der Waals surface area contributed by atoms with Crippen molar-refractivity contribution >= 4 is 80.8 Å². The number of halogens is 1. The number of aliphatic carboxylic acids is 1. The molecule has 1 unspecified atom stereocenters. The number of amides is 2. The van der Waals surface area contributed by atoms with Crippen molar-refractivity contribution in [1.29, 1.82) is 0 Å². The lowest BCUT2D eigenvalue weighted by Crippen LogP contribution is -2.70. The fourth-order valence-electron chi connectivity index (χ4n) is 3.81. The number of β-lactam (4-membered cyclic amide) rings is 1. The third-order valence-electron chi connectivity index (χ3n) is 5.69. The average molecular weight is 707 g/mol. The van der Waals surface area contributed by atoms with Gasteiger partial charge >= 0.3 is 13.7 Å². The summed E-state index contributed by atoms with van der Waals surface area (Å²) in [7, 11) is -9.26. The Balaban J connectivity index is 1.37. The molecule has 0 aromatic carbocycles. The summed E-state index contributed by atoms with van der Waals surface area (Å²) in [6.45, 7) is -1.48. The van der Waals surface area contributed by atoms with Crippen molar-refractivity contribution in [1.82, 2.24) is 29.5 Å². The molecule has 2 aliphatic rings. The quantitative estimate of drug-likeness (QED) is 0.0781. The Bertz CT molecular complexity index is 1850. The number of carboxylic acid groups (broad SMARTS) is 1. The van der Waals surface area contributed by atoms with Crippen molar-refractivity contribution in [3.8, 4) is 11.3 Å². The molecule has 1 saturated heterocycles. The van der Waals surface area contributed by atoms with E-state index in [1.165, 1.54) is 17.8 Å². The van der Waals surface area contributed by atoms with E-state index in [4.69, 9.17) is 9.79 Å². The maximum Gasteiger partial charge on any atom is 0.429 e. The van der Waals surface area contributed by atoms with E-state index in [0.717, 1.165) is 22.4 Å². The fraction of sp³-hybridized carbons (Fsp3) is 0.200. The van der Waals surface area contributed by atoms with Crippen LogP contribution in [0.5, 0.6) is 0 Å². The zero-order valence-electron chi connectivity index (χ0n) is 21.2. The summed E-state index contributed by atoms with van der Waals surface area (Å²) in [5.74, 6) is -4.07. The van der Waals surface area contributed by atoms with Crippen LogP contribution in [-0.2, 0) is 33.6 Å². The van der Waals surface area contributed by atoms with Gasteiger partial charge in [0.25, 0.3) is 18.7 Å². The number of carbonyl (C=O) groups excluding carboxylic acids is 2. The Kier molecular flexibility index (Phi) is 8.80. The van der Waals surface area contributed by atoms with E-state index in [9.17, 15) is 36.9 Å². The van der Waals surface area contributed by atoms with Gasteiger partial charge in [-0.25, -0.2) is 22.4 Å². The van der Waals surface area contributed by atoms with Crippen LogP contribution in [0, 0.1) is 0 Å². The number of sulfone groups is 1. The minimum atomic E-state index is -4.78. The third-order valence-corrected chi connectivity index (χ3v) is 11.7. The second-order valence-electron chi connectivity index (χ2n) is 8.47. The number of hydrogen-bond donors (Lipinski definition) is 5. The molecule has 5 N–H and O–H groups in total. The Labute approximate surface area is 257 Å². The van der Waals surface area contributed by atoms with Crippen molar-refractivity contribution < 1.29 is 51.5 Å². The van der Waals surface area contributed by atoms with Crippen LogP contribution in [0.1, 0.15) is 5.82 Å². The maximum atomic E-state index is 13.5. The summed E-state index contributed by atoms with van der Waals surface area (Å²) >= 11 is 1.76. The highest BCUT2D eigenvalue weighted by Gasteiger charge is 2.55. The molecule has 1 fully saturated rings. The smallest absolute Gasteiger partial charge is 0.429 e. The molecule has 3 atom stereocenters. The largest absolute Gasteiger partial charge is 0.480 e. The number of oxime groups is 1. The maximum absolute atomic E-state index is 13.5. The number of thiazole rings is 1.